The number of aryl methyl sites for hydroxylation is 1. The van der Waals surface area contributed by atoms with E-state index in [9.17, 15) is 19.3 Å². The van der Waals surface area contributed by atoms with Gasteiger partial charge in [-0.25, -0.2) is 4.79 Å². The van der Waals surface area contributed by atoms with Crippen LogP contribution in [0.15, 0.2) is 12.1 Å². The molecule has 0 heterocycles. The van der Waals surface area contributed by atoms with Crippen molar-refractivity contribution in [2.75, 3.05) is 6.61 Å². The summed E-state index contributed by atoms with van der Waals surface area (Å²) in [5, 5.41) is 10.5. The van der Waals surface area contributed by atoms with Crippen molar-refractivity contribution in [2.24, 2.45) is 0 Å². The monoisotopic (exact) mass is 243 g/mol. The predicted molar refractivity (Wildman–Crippen MR) is 55.4 cm³/mol. The molecule has 92 valence electrons. The Morgan fingerprint density at radius 1 is 1.53 bits per heavy atom. The number of nitro groups is 1. The Balaban J connectivity index is 3.03. The Kier molecular flexibility index (Phi) is 3.97. The summed E-state index contributed by atoms with van der Waals surface area (Å²) in [6.45, 7) is 3.16. The maximum atomic E-state index is 13.2. The van der Waals surface area contributed by atoms with Crippen molar-refractivity contribution in [2.45, 2.75) is 13.8 Å². The van der Waals surface area contributed by atoms with Crippen LogP contribution in [0.5, 0.6) is 5.75 Å². The Morgan fingerprint density at radius 3 is 2.71 bits per heavy atom. The van der Waals surface area contributed by atoms with Gasteiger partial charge in [0.2, 0.25) is 5.82 Å². The highest BCUT2D eigenvalue weighted by Crippen LogP contribution is 2.27. The first-order valence-corrected chi connectivity index (χ1v) is 4.74. The van der Waals surface area contributed by atoms with Crippen LogP contribution in [0.25, 0.3) is 0 Å². The highest BCUT2D eigenvalue weighted by molar-refractivity contribution is 5.65. The zero-order valence-electron chi connectivity index (χ0n) is 9.23. The molecule has 0 radical (unpaired) electrons. The van der Waals surface area contributed by atoms with E-state index in [0.717, 1.165) is 12.1 Å². The van der Waals surface area contributed by atoms with Crippen LogP contribution >= 0.6 is 0 Å². The number of ether oxygens (including phenoxy) is 2. The van der Waals surface area contributed by atoms with E-state index in [2.05, 4.69) is 4.74 Å². The predicted octanol–water partition coefficient (Wildman–Crippen LogP) is 2.58. The van der Waals surface area contributed by atoms with E-state index in [0.29, 0.717) is 0 Å². The summed E-state index contributed by atoms with van der Waals surface area (Å²) in [4.78, 5) is 20.6. The van der Waals surface area contributed by atoms with Crippen LogP contribution in [0.2, 0.25) is 0 Å². The number of hydrogen-bond donors (Lipinski definition) is 0. The zero-order chi connectivity index (χ0) is 13.0. The van der Waals surface area contributed by atoms with Crippen LogP contribution in [-0.4, -0.2) is 17.7 Å². The SMILES string of the molecule is CCOC(=O)Oc1cc([N+](=O)[O-])c(F)cc1C. The van der Waals surface area contributed by atoms with Gasteiger partial charge in [0, 0.05) is 0 Å². The largest absolute Gasteiger partial charge is 0.513 e. The first kappa shape index (κ1) is 12.9. The summed E-state index contributed by atoms with van der Waals surface area (Å²) in [6, 6.07) is 1.77. The highest BCUT2D eigenvalue weighted by atomic mass is 19.1. The average molecular weight is 243 g/mol. The van der Waals surface area contributed by atoms with Crippen molar-refractivity contribution >= 4 is 11.8 Å². The quantitative estimate of drug-likeness (QED) is 0.353. The van der Waals surface area contributed by atoms with Gasteiger partial charge in [0.15, 0.2) is 0 Å². The van der Waals surface area contributed by atoms with Crippen molar-refractivity contribution in [1.29, 1.82) is 0 Å². The number of carbonyl (C=O) groups excluding carboxylic acids is 1. The lowest BCUT2D eigenvalue weighted by Crippen LogP contribution is -2.11. The van der Waals surface area contributed by atoms with Gasteiger partial charge in [-0.05, 0) is 25.5 Å². The fourth-order valence-corrected chi connectivity index (χ4v) is 1.13. The second-order valence-corrected chi connectivity index (χ2v) is 3.11. The van der Waals surface area contributed by atoms with Crippen LogP contribution in [0.3, 0.4) is 0 Å². The Labute approximate surface area is 96.1 Å². The standard InChI is InChI=1S/C10H10FNO5/c1-3-16-10(13)17-9-5-8(12(14)15)7(11)4-6(9)2/h4-5H,3H2,1-2H3. The molecular weight excluding hydrogens is 233 g/mol. The molecule has 0 aliphatic rings. The van der Waals surface area contributed by atoms with E-state index in [4.69, 9.17) is 4.74 Å². The fourth-order valence-electron chi connectivity index (χ4n) is 1.13. The Morgan fingerprint density at radius 2 is 2.18 bits per heavy atom. The van der Waals surface area contributed by atoms with E-state index in [1.165, 1.54) is 6.92 Å². The molecule has 0 atom stereocenters. The summed E-state index contributed by atoms with van der Waals surface area (Å²) in [7, 11) is 0. The van der Waals surface area contributed by atoms with Gasteiger partial charge in [0.25, 0.3) is 0 Å². The molecule has 0 bridgehead atoms. The Hall–Kier alpha value is -2.18. The molecule has 0 aliphatic carbocycles. The molecule has 0 fully saturated rings. The minimum Gasteiger partial charge on any atom is -0.434 e. The highest BCUT2D eigenvalue weighted by Gasteiger charge is 2.19. The van der Waals surface area contributed by atoms with E-state index in [1.54, 1.807) is 6.92 Å². The van der Waals surface area contributed by atoms with Crippen LogP contribution in [-0.2, 0) is 4.74 Å². The second-order valence-electron chi connectivity index (χ2n) is 3.11. The molecule has 17 heavy (non-hydrogen) atoms. The van der Waals surface area contributed by atoms with Gasteiger partial charge in [-0.15, -0.1) is 0 Å². The number of carbonyl (C=O) groups is 1. The minimum absolute atomic E-state index is 0.100. The molecule has 7 heteroatoms. The molecule has 0 unspecified atom stereocenters. The topological polar surface area (TPSA) is 78.7 Å². The summed E-state index contributed by atoms with van der Waals surface area (Å²) in [5.41, 5.74) is -0.490. The molecule has 1 aromatic rings. The molecule has 0 saturated heterocycles. The molecule has 1 aromatic carbocycles. The van der Waals surface area contributed by atoms with Crippen LogP contribution in [0, 0.1) is 22.9 Å². The molecule has 1 rings (SSSR count). The lowest BCUT2D eigenvalue weighted by atomic mass is 10.2. The van der Waals surface area contributed by atoms with Crippen molar-refractivity contribution in [3.8, 4) is 5.75 Å². The third-order valence-corrected chi connectivity index (χ3v) is 1.90. The lowest BCUT2D eigenvalue weighted by molar-refractivity contribution is -0.387. The molecule has 0 amide bonds. The van der Waals surface area contributed by atoms with E-state index >= 15 is 0 Å². The molecule has 0 aliphatic heterocycles. The normalized spacial score (nSPS) is 9.82. The van der Waals surface area contributed by atoms with Crippen molar-refractivity contribution in [1.82, 2.24) is 0 Å². The summed E-state index contributed by atoms with van der Waals surface area (Å²) < 4.78 is 22.4. The molecule has 6 nitrogen and oxygen atoms in total. The third-order valence-electron chi connectivity index (χ3n) is 1.90. The first-order valence-electron chi connectivity index (χ1n) is 4.74. The van der Waals surface area contributed by atoms with Crippen LogP contribution in [0.1, 0.15) is 12.5 Å². The van der Waals surface area contributed by atoms with E-state index in [1.807, 2.05) is 0 Å². The van der Waals surface area contributed by atoms with Gasteiger partial charge in [0.05, 0.1) is 17.6 Å². The van der Waals surface area contributed by atoms with Crippen LogP contribution in [0.4, 0.5) is 14.9 Å². The minimum atomic E-state index is -0.989. The van der Waals surface area contributed by atoms with E-state index in [-0.39, 0.29) is 17.9 Å². The number of hydrogen-bond acceptors (Lipinski definition) is 5. The number of rotatable bonds is 3. The van der Waals surface area contributed by atoms with Crippen molar-refractivity contribution in [3.05, 3.63) is 33.6 Å². The Bertz CT molecular complexity index is 460. The average Bonchev–Trinajstić information content (AvgIpc) is 2.21. The molecule has 0 saturated carbocycles. The van der Waals surface area contributed by atoms with Gasteiger partial charge < -0.3 is 9.47 Å². The smallest absolute Gasteiger partial charge is 0.434 e. The molecule has 0 spiro atoms. The van der Waals surface area contributed by atoms with Crippen molar-refractivity contribution < 1.29 is 23.6 Å². The molecule has 0 aromatic heterocycles. The van der Waals surface area contributed by atoms with Gasteiger partial charge in [-0.1, -0.05) is 0 Å². The van der Waals surface area contributed by atoms with Gasteiger partial charge in [-0.2, -0.15) is 4.39 Å². The fraction of sp³-hybridized carbons (Fsp3) is 0.300. The number of benzene rings is 1. The van der Waals surface area contributed by atoms with Gasteiger partial charge in [-0.3, -0.25) is 10.1 Å². The number of nitrogens with zero attached hydrogens (tertiary/aromatic N) is 1. The van der Waals surface area contributed by atoms with E-state index < -0.39 is 22.6 Å². The number of nitro benzene ring substituents is 1. The van der Waals surface area contributed by atoms with Gasteiger partial charge >= 0.3 is 11.8 Å². The van der Waals surface area contributed by atoms with Crippen molar-refractivity contribution in [3.63, 3.8) is 0 Å². The molecular formula is C10H10FNO5. The second kappa shape index (κ2) is 5.24. The summed E-state index contributed by atoms with van der Waals surface area (Å²) in [5.74, 6) is -1.08. The first-order chi connectivity index (χ1) is 7.95. The van der Waals surface area contributed by atoms with Gasteiger partial charge in [0.1, 0.15) is 5.75 Å². The summed E-state index contributed by atoms with van der Waals surface area (Å²) in [6.07, 6.45) is -0.989. The lowest BCUT2D eigenvalue weighted by Gasteiger charge is -2.07. The molecule has 0 N–H and O–H groups in total. The zero-order valence-corrected chi connectivity index (χ0v) is 9.23. The maximum Gasteiger partial charge on any atom is 0.513 e. The maximum absolute atomic E-state index is 13.2. The summed E-state index contributed by atoms with van der Waals surface area (Å²) >= 11 is 0. The third kappa shape index (κ3) is 3.13. The van der Waals surface area contributed by atoms with Crippen LogP contribution < -0.4 is 4.74 Å². The number of halogens is 1.